The first-order valence-corrected chi connectivity index (χ1v) is 9.62. The first-order valence-electron chi connectivity index (χ1n) is 9.62. The zero-order chi connectivity index (χ0) is 23.7. The molecule has 0 aliphatic rings. The molecule has 0 aromatic heterocycles. The molecule has 10 heteroatoms. The van der Waals surface area contributed by atoms with Crippen molar-refractivity contribution < 1.29 is 49.1 Å². The normalized spacial score (nSPS) is 10.9. The summed E-state index contributed by atoms with van der Waals surface area (Å²) in [7, 11) is 0. The molecule has 170 valence electrons. The monoisotopic (exact) mass is 446 g/mol. The number of carboxylic acids is 4. The number of benzene rings is 2. The Labute approximate surface area is 182 Å². The SMILES string of the molecule is O=C(O)c1ccccc1OCCCCCC(Oc1ccccc1C(=O)O)(C(=O)O)C(=O)O. The number of hydrogen-bond acceptors (Lipinski definition) is 6. The minimum atomic E-state index is -2.66. The van der Waals surface area contributed by atoms with Gasteiger partial charge in [-0.25, -0.2) is 19.2 Å². The maximum absolute atomic E-state index is 11.8. The van der Waals surface area contributed by atoms with Gasteiger partial charge < -0.3 is 29.9 Å². The Balaban J connectivity index is 2.01. The minimum Gasteiger partial charge on any atom is -0.493 e. The zero-order valence-electron chi connectivity index (χ0n) is 16.9. The molecule has 0 atom stereocenters. The summed E-state index contributed by atoms with van der Waals surface area (Å²) in [6.45, 7) is 0.139. The van der Waals surface area contributed by atoms with Crippen molar-refractivity contribution in [1.29, 1.82) is 0 Å². The first-order chi connectivity index (χ1) is 15.2. The van der Waals surface area contributed by atoms with Gasteiger partial charge >= 0.3 is 29.5 Å². The molecule has 0 saturated carbocycles. The topological polar surface area (TPSA) is 168 Å². The highest BCUT2D eigenvalue weighted by Crippen LogP contribution is 2.28. The molecule has 0 spiro atoms. The van der Waals surface area contributed by atoms with Crippen LogP contribution in [0.1, 0.15) is 46.4 Å². The molecule has 0 amide bonds. The van der Waals surface area contributed by atoms with Crippen LogP contribution in [0, 0.1) is 0 Å². The van der Waals surface area contributed by atoms with Gasteiger partial charge in [0.05, 0.1) is 6.61 Å². The Hall–Kier alpha value is -4.08. The standard InChI is InChI=1S/C22H22O10/c23-18(24)14-8-2-4-10-16(14)31-13-7-1-6-12-22(20(27)28,21(29)30)32-17-11-5-3-9-15(17)19(25)26/h2-5,8-11H,1,6-7,12-13H2,(H,23,24)(H,25,26)(H,27,28)(H,29,30). The van der Waals surface area contributed by atoms with E-state index in [4.69, 9.17) is 14.6 Å². The third kappa shape index (κ3) is 5.75. The molecule has 0 radical (unpaired) electrons. The molecule has 0 heterocycles. The van der Waals surface area contributed by atoms with Gasteiger partial charge in [-0.3, -0.25) is 0 Å². The Kier molecular flexibility index (Phi) is 8.17. The van der Waals surface area contributed by atoms with Gasteiger partial charge in [0, 0.05) is 6.42 Å². The second kappa shape index (κ2) is 10.8. The van der Waals surface area contributed by atoms with E-state index in [0.717, 1.165) is 0 Å². The van der Waals surface area contributed by atoms with Crippen molar-refractivity contribution in [2.24, 2.45) is 0 Å². The predicted molar refractivity (Wildman–Crippen MR) is 109 cm³/mol. The smallest absolute Gasteiger partial charge is 0.360 e. The van der Waals surface area contributed by atoms with Gasteiger partial charge in [0.1, 0.15) is 22.6 Å². The van der Waals surface area contributed by atoms with Gasteiger partial charge in [-0.05, 0) is 43.5 Å². The van der Waals surface area contributed by atoms with Gasteiger partial charge in [-0.1, -0.05) is 24.3 Å². The van der Waals surface area contributed by atoms with Crippen LogP contribution < -0.4 is 9.47 Å². The molecular formula is C22H22O10. The maximum atomic E-state index is 11.8. The van der Waals surface area contributed by atoms with Crippen molar-refractivity contribution >= 4 is 23.9 Å². The number of carbonyl (C=O) groups is 4. The summed E-state index contributed by atoms with van der Waals surface area (Å²) in [5.41, 5.74) is -3.01. The Morgan fingerprint density at radius 3 is 1.72 bits per heavy atom. The number of carboxylic acid groups (broad SMARTS) is 4. The molecule has 2 rings (SSSR count). The molecule has 4 N–H and O–H groups in total. The van der Waals surface area contributed by atoms with E-state index in [-0.39, 0.29) is 35.7 Å². The molecule has 0 aliphatic heterocycles. The summed E-state index contributed by atoms with van der Waals surface area (Å²) in [6, 6.07) is 11.3. The lowest BCUT2D eigenvalue weighted by molar-refractivity contribution is -0.173. The Morgan fingerprint density at radius 2 is 1.19 bits per heavy atom. The number of rotatable bonds is 13. The van der Waals surface area contributed by atoms with Crippen LogP contribution in [0.2, 0.25) is 0 Å². The predicted octanol–water partition coefficient (Wildman–Crippen LogP) is 3.01. The van der Waals surface area contributed by atoms with Crippen molar-refractivity contribution in [3.8, 4) is 11.5 Å². The van der Waals surface area contributed by atoms with E-state index in [0.29, 0.717) is 12.8 Å². The van der Waals surface area contributed by atoms with Crippen LogP contribution in [0.4, 0.5) is 0 Å². The molecule has 0 aliphatic carbocycles. The third-order valence-electron chi connectivity index (χ3n) is 4.64. The van der Waals surface area contributed by atoms with Crippen molar-refractivity contribution in [2.75, 3.05) is 6.61 Å². The second-order valence-electron chi connectivity index (χ2n) is 6.80. The number of aliphatic carboxylic acids is 2. The van der Waals surface area contributed by atoms with E-state index in [2.05, 4.69) is 0 Å². The van der Waals surface area contributed by atoms with Crippen LogP contribution in [-0.4, -0.2) is 56.5 Å². The van der Waals surface area contributed by atoms with Gasteiger partial charge in [-0.15, -0.1) is 0 Å². The highest BCUT2D eigenvalue weighted by atomic mass is 16.6. The summed E-state index contributed by atoms with van der Waals surface area (Å²) in [4.78, 5) is 46.1. The van der Waals surface area contributed by atoms with Gasteiger partial charge in [0.2, 0.25) is 0 Å². The van der Waals surface area contributed by atoms with Crippen molar-refractivity contribution in [1.82, 2.24) is 0 Å². The second-order valence-corrected chi connectivity index (χ2v) is 6.80. The van der Waals surface area contributed by atoms with E-state index in [9.17, 15) is 34.5 Å². The van der Waals surface area contributed by atoms with Crippen LogP contribution in [0.25, 0.3) is 0 Å². The number of unbranched alkanes of at least 4 members (excludes halogenated alkanes) is 2. The minimum absolute atomic E-state index is 0.00812. The number of ether oxygens (including phenoxy) is 2. The largest absolute Gasteiger partial charge is 0.493 e. The molecule has 2 aromatic carbocycles. The van der Waals surface area contributed by atoms with E-state index in [1.54, 1.807) is 12.1 Å². The van der Waals surface area contributed by atoms with E-state index in [1.807, 2.05) is 0 Å². The quantitative estimate of drug-likeness (QED) is 0.265. The average Bonchev–Trinajstić information content (AvgIpc) is 2.75. The molecule has 32 heavy (non-hydrogen) atoms. The highest BCUT2D eigenvalue weighted by Gasteiger charge is 2.49. The maximum Gasteiger partial charge on any atom is 0.360 e. The number of hydrogen-bond donors (Lipinski definition) is 4. The lowest BCUT2D eigenvalue weighted by atomic mass is 9.95. The zero-order valence-corrected chi connectivity index (χ0v) is 16.9. The summed E-state index contributed by atoms with van der Waals surface area (Å²) < 4.78 is 10.7. The first kappa shape index (κ1) is 24.2. The average molecular weight is 446 g/mol. The molecule has 0 saturated heterocycles. The molecule has 10 nitrogen and oxygen atoms in total. The molecule has 0 bridgehead atoms. The summed E-state index contributed by atoms with van der Waals surface area (Å²) in [5, 5.41) is 37.5. The van der Waals surface area contributed by atoms with E-state index in [1.165, 1.54) is 36.4 Å². The lowest BCUT2D eigenvalue weighted by Gasteiger charge is -2.27. The Morgan fingerprint density at radius 1 is 0.688 bits per heavy atom. The van der Waals surface area contributed by atoms with E-state index < -0.39 is 35.9 Å². The van der Waals surface area contributed by atoms with Gasteiger partial charge in [0.25, 0.3) is 0 Å². The number of para-hydroxylation sites is 2. The van der Waals surface area contributed by atoms with Crippen LogP contribution >= 0.6 is 0 Å². The fourth-order valence-corrected chi connectivity index (χ4v) is 2.97. The van der Waals surface area contributed by atoms with Crippen LogP contribution in [-0.2, 0) is 9.59 Å². The molecular weight excluding hydrogens is 424 g/mol. The van der Waals surface area contributed by atoms with Crippen molar-refractivity contribution in [2.45, 2.75) is 31.3 Å². The highest BCUT2D eigenvalue weighted by molar-refractivity contribution is 6.02. The fraction of sp³-hybridized carbons (Fsp3) is 0.273. The fourth-order valence-electron chi connectivity index (χ4n) is 2.97. The van der Waals surface area contributed by atoms with Crippen LogP contribution in [0.3, 0.4) is 0 Å². The summed E-state index contributed by atoms with van der Waals surface area (Å²) in [5.74, 6) is -6.19. The van der Waals surface area contributed by atoms with Gasteiger partial charge in [0.15, 0.2) is 0 Å². The summed E-state index contributed by atoms with van der Waals surface area (Å²) in [6.07, 6.45) is 0.464. The third-order valence-corrected chi connectivity index (χ3v) is 4.64. The van der Waals surface area contributed by atoms with E-state index >= 15 is 0 Å². The summed E-state index contributed by atoms with van der Waals surface area (Å²) >= 11 is 0. The lowest BCUT2D eigenvalue weighted by Crippen LogP contribution is -2.52. The molecule has 0 fully saturated rings. The van der Waals surface area contributed by atoms with Crippen molar-refractivity contribution in [3.05, 3.63) is 59.7 Å². The number of aromatic carboxylic acids is 2. The molecule has 2 aromatic rings. The molecule has 0 unspecified atom stereocenters. The van der Waals surface area contributed by atoms with Crippen LogP contribution in [0.15, 0.2) is 48.5 Å². The Bertz CT molecular complexity index is 984. The van der Waals surface area contributed by atoms with Crippen LogP contribution in [0.5, 0.6) is 11.5 Å². The van der Waals surface area contributed by atoms with Crippen molar-refractivity contribution in [3.63, 3.8) is 0 Å². The van der Waals surface area contributed by atoms with Gasteiger partial charge in [-0.2, -0.15) is 0 Å².